The molecule has 2 aromatic rings. The van der Waals surface area contributed by atoms with E-state index in [1.807, 2.05) is 13.0 Å². The topological polar surface area (TPSA) is 127 Å². The van der Waals surface area contributed by atoms with Crippen molar-refractivity contribution in [3.05, 3.63) is 41.2 Å². The van der Waals surface area contributed by atoms with Crippen LogP contribution >= 0.6 is 0 Å². The van der Waals surface area contributed by atoms with Gasteiger partial charge < -0.3 is 20.8 Å². The van der Waals surface area contributed by atoms with Crippen LogP contribution in [0.2, 0.25) is 0 Å². The highest BCUT2D eigenvalue weighted by Gasteiger charge is 2.38. The first-order chi connectivity index (χ1) is 12.6. The zero-order chi connectivity index (χ0) is 20.2. The number of carbonyl (C=O) groups is 2. The second-order valence-corrected chi connectivity index (χ2v) is 5.87. The van der Waals surface area contributed by atoms with Crippen LogP contribution in [0.1, 0.15) is 27.5 Å². The summed E-state index contributed by atoms with van der Waals surface area (Å²) in [6, 6.07) is 4.97. The van der Waals surface area contributed by atoms with E-state index in [4.69, 9.17) is 9.90 Å². The van der Waals surface area contributed by atoms with Gasteiger partial charge in [-0.05, 0) is 24.6 Å². The summed E-state index contributed by atoms with van der Waals surface area (Å²) in [5.41, 5.74) is 2.87. The Bertz CT molecular complexity index is 811. The number of hydrogen-bond donors (Lipinski definition) is 5. The molecule has 0 bridgehead atoms. The van der Waals surface area contributed by atoms with E-state index in [0.29, 0.717) is 17.2 Å². The van der Waals surface area contributed by atoms with E-state index in [1.165, 1.54) is 6.07 Å². The second-order valence-electron chi connectivity index (χ2n) is 5.87. The van der Waals surface area contributed by atoms with Crippen molar-refractivity contribution in [2.24, 2.45) is 0 Å². The monoisotopic (exact) mass is 386 g/mol. The molecule has 1 amide bonds. The van der Waals surface area contributed by atoms with Crippen LogP contribution in [-0.2, 0) is 4.79 Å². The Labute approximate surface area is 151 Å². The summed E-state index contributed by atoms with van der Waals surface area (Å²) in [6.45, 7) is 3.57. The lowest BCUT2D eigenvalue weighted by atomic mass is 9.96. The molecule has 0 atom stereocenters. The summed E-state index contributed by atoms with van der Waals surface area (Å²) in [5, 5.41) is 29.5. The van der Waals surface area contributed by atoms with Crippen molar-refractivity contribution in [1.29, 1.82) is 0 Å². The number of aromatic nitrogens is 2. The number of nitrogens with zero attached hydrogens (tertiary/aromatic N) is 1. The van der Waals surface area contributed by atoms with Gasteiger partial charge in [-0.1, -0.05) is 0 Å². The highest BCUT2D eigenvalue weighted by Crippen LogP contribution is 2.23. The fraction of sp³-hybridized carbons (Fsp3) is 0.312. The van der Waals surface area contributed by atoms with Gasteiger partial charge in [0, 0.05) is 30.8 Å². The molecule has 0 spiro atoms. The summed E-state index contributed by atoms with van der Waals surface area (Å²) >= 11 is 0. The van der Waals surface area contributed by atoms with E-state index < -0.39 is 12.1 Å². The van der Waals surface area contributed by atoms with Gasteiger partial charge in [0.2, 0.25) is 0 Å². The maximum Gasteiger partial charge on any atom is 0.490 e. The third kappa shape index (κ3) is 5.45. The molecular formula is C16H17F3N4O4. The molecule has 1 saturated heterocycles. The van der Waals surface area contributed by atoms with Gasteiger partial charge in [-0.2, -0.15) is 18.3 Å². The summed E-state index contributed by atoms with van der Waals surface area (Å²) in [6.07, 6.45) is -3.54. The number of phenols is 1. The molecule has 0 unspecified atom stereocenters. The smallest absolute Gasteiger partial charge is 0.490 e. The number of nitrogens with one attached hydrogen (secondary N) is 3. The van der Waals surface area contributed by atoms with Gasteiger partial charge in [-0.15, -0.1) is 0 Å². The molecule has 0 radical (unpaired) electrons. The third-order valence-corrected chi connectivity index (χ3v) is 3.67. The van der Waals surface area contributed by atoms with Gasteiger partial charge in [0.15, 0.2) is 0 Å². The number of aromatic amines is 1. The maximum atomic E-state index is 12.3. The molecular weight excluding hydrogens is 369 g/mol. The molecule has 1 aliphatic rings. The number of carbonyl (C=O) groups excluding carboxylic acids is 1. The number of H-pyrrole nitrogens is 1. The second kappa shape index (κ2) is 8.08. The molecule has 11 heteroatoms. The average molecular weight is 386 g/mol. The number of halogens is 3. The number of phenolic OH excluding ortho intramolecular Hbond substituents is 1. The average Bonchev–Trinajstić information content (AvgIpc) is 2.93. The number of aliphatic carboxylic acids is 1. The molecule has 2 heterocycles. The molecule has 5 N–H and O–H groups in total. The third-order valence-electron chi connectivity index (χ3n) is 3.67. The molecule has 1 aliphatic heterocycles. The molecule has 3 rings (SSSR count). The number of hydrogen-bond acceptors (Lipinski definition) is 5. The SMILES string of the molecule is Cc1cc(O)cc(NC(=O)c2cn[nH]c2C2CNC2)c1.O=C(O)C(F)(F)F. The van der Waals surface area contributed by atoms with Gasteiger partial charge >= 0.3 is 12.1 Å². The first kappa shape index (κ1) is 20.2. The number of rotatable bonds is 3. The normalized spacial score (nSPS) is 13.9. The molecule has 1 fully saturated rings. The number of aromatic hydroxyl groups is 1. The van der Waals surface area contributed by atoms with E-state index in [1.54, 1.807) is 12.3 Å². The van der Waals surface area contributed by atoms with Gasteiger partial charge in [0.05, 0.1) is 17.5 Å². The highest BCUT2D eigenvalue weighted by atomic mass is 19.4. The lowest BCUT2D eigenvalue weighted by Gasteiger charge is -2.26. The maximum absolute atomic E-state index is 12.3. The first-order valence-electron chi connectivity index (χ1n) is 7.74. The van der Waals surface area contributed by atoms with Crippen molar-refractivity contribution in [2.75, 3.05) is 18.4 Å². The largest absolute Gasteiger partial charge is 0.508 e. The number of aryl methyl sites for hydroxylation is 1. The molecule has 8 nitrogen and oxygen atoms in total. The van der Waals surface area contributed by atoms with E-state index in [0.717, 1.165) is 24.3 Å². The van der Waals surface area contributed by atoms with Crippen molar-refractivity contribution >= 4 is 17.6 Å². The zero-order valence-electron chi connectivity index (χ0n) is 14.1. The molecule has 27 heavy (non-hydrogen) atoms. The van der Waals surface area contributed by atoms with Gasteiger partial charge in [-0.3, -0.25) is 9.89 Å². The fourth-order valence-electron chi connectivity index (χ4n) is 2.31. The molecule has 0 saturated carbocycles. The van der Waals surface area contributed by atoms with Crippen LogP contribution in [0.4, 0.5) is 18.9 Å². The van der Waals surface area contributed by atoms with Crippen LogP contribution in [0.15, 0.2) is 24.4 Å². The summed E-state index contributed by atoms with van der Waals surface area (Å²) in [5.74, 6) is -2.53. The minimum Gasteiger partial charge on any atom is -0.508 e. The van der Waals surface area contributed by atoms with E-state index >= 15 is 0 Å². The number of benzene rings is 1. The van der Waals surface area contributed by atoms with Crippen LogP contribution in [-0.4, -0.2) is 51.6 Å². The Morgan fingerprint density at radius 2 is 1.89 bits per heavy atom. The van der Waals surface area contributed by atoms with Crippen molar-refractivity contribution in [1.82, 2.24) is 15.5 Å². The zero-order valence-corrected chi connectivity index (χ0v) is 14.1. The van der Waals surface area contributed by atoms with Crippen LogP contribution in [0.3, 0.4) is 0 Å². The van der Waals surface area contributed by atoms with Crippen molar-refractivity contribution in [3.63, 3.8) is 0 Å². The number of amides is 1. The number of carboxylic acid groups (broad SMARTS) is 1. The van der Waals surface area contributed by atoms with Crippen molar-refractivity contribution < 1.29 is 33.0 Å². The number of alkyl halides is 3. The van der Waals surface area contributed by atoms with Crippen molar-refractivity contribution in [2.45, 2.75) is 19.0 Å². The van der Waals surface area contributed by atoms with Crippen LogP contribution in [0, 0.1) is 6.92 Å². The standard InChI is InChI=1S/C14H16N4O2.C2HF3O2/c1-8-2-10(4-11(19)3-8)17-14(20)12-7-16-18-13(12)9-5-15-6-9;3-2(4,5)1(6)7/h2-4,7,9,15,19H,5-6H2,1H3,(H,16,18)(H,17,20);(H,6,7). The number of anilines is 1. The van der Waals surface area contributed by atoms with Crippen molar-refractivity contribution in [3.8, 4) is 5.75 Å². The van der Waals surface area contributed by atoms with Crippen LogP contribution in [0.25, 0.3) is 0 Å². The Balaban J connectivity index is 0.000000321. The fourth-order valence-corrected chi connectivity index (χ4v) is 2.31. The minimum absolute atomic E-state index is 0.135. The molecule has 1 aromatic heterocycles. The van der Waals surface area contributed by atoms with E-state index in [2.05, 4.69) is 20.8 Å². The Morgan fingerprint density at radius 1 is 1.26 bits per heavy atom. The van der Waals surface area contributed by atoms with E-state index in [9.17, 15) is 23.1 Å². The molecule has 1 aromatic carbocycles. The quantitative estimate of drug-likeness (QED) is 0.549. The van der Waals surface area contributed by atoms with E-state index in [-0.39, 0.29) is 11.7 Å². The minimum atomic E-state index is -5.08. The van der Waals surface area contributed by atoms with Gasteiger partial charge in [-0.25, -0.2) is 4.79 Å². The number of carboxylic acids is 1. The molecule has 0 aliphatic carbocycles. The summed E-state index contributed by atoms with van der Waals surface area (Å²) in [4.78, 5) is 21.2. The Hall–Kier alpha value is -3.08. The van der Waals surface area contributed by atoms with Gasteiger partial charge in [0.1, 0.15) is 5.75 Å². The predicted molar refractivity (Wildman–Crippen MR) is 88.7 cm³/mol. The predicted octanol–water partition coefficient (Wildman–Crippen LogP) is 2.00. The Morgan fingerprint density at radius 3 is 2.37 bits per heavy atom. The van der Waals surface area contributed by atoms with Crippen LogP contribution < -0.4 is 10.6 Å². The lowest BCUT2D eigenvalue weighted by Crippen LogP contribution is -2.40. The molecule has 146 valence electrons. The first-order valence-corrected chi connectivity index (χ1v) is 7.74. The Kier molecular flexibility index (Phi) is 6.05. The highest BCUT2D eigenvalue weighted by molar-refractivity contribution is 6.05. The summed E-state index contributed by atoms with van der Waals surface area (Å²) < 4.78 is 31.7. The van der Waals surface area contributed by atoms with Gasteiger partial charge in [0.25, 0.3) is 5.91 Å². The summed E-state index contributed by atoms with van der Waals surface area (Å²) in [7, 11) is 0. The van der Waals surface area contributed by atoms with Crippen LogP contribution in [0.5, 0.6) is 5.75 Å². The lowest BCUT2D eigenvalue weighted by molar-refractivity contribution is -0.192.